The Hall–Kier alpha value is -8.81. The first-order valence-corrected chi connectivity index (χ1v) is 26.4. The van der Waals surface area contributed by atoms with Crippen LogP contribution in [0.25, 0.3) is 0 Å². The maximum Gasteiger partial charge on any atom is 0.245 e. The summed E-state index contributed by atoms with van der Waals surface area (Å²) in [5.74, 6) is -7.68. The molecule has 3 aromatic rings. The molecule has 4 rings (SSSR count). The average Bonchev–Trinajstić information content (AvgIpc) is 3.91. The summed E-state index contributed by atoms with van der Waals surface area (Å²) in [6.45, 7) is 3.86. The van der Waals surface area contributed by atoms with Crippen LogP contribution in [0.2, 0.25) is 0 Å². The lowest BCUT2D eigenvalue weighted by Crippen LogP contribution is -2.60. The number of nitrogens with zero attached hydrogens (tertiary/aromatic N) is 3. The van der Waals surface area contributed by atoms with Gasteiger partial charge in [-0.15, -0.1) is 0 Å². The Bertz CT molecular complexity index is 2630. The van der Waals surface area contributed by atoms with Crippen LogP contribution in [0.3, 0.4) is 0 Å². The van der Waals surface area contributed by atoms with Crippen molar-refractivity contribution >= 4 is 65.1 Å². The fraction of sp³-hybridized carbons (Fsp3) is 0.463. The molecule has 0 spiro atoms. The molecule has 0 aromatic heterocycles. The number of nitrogens with one attached hydrogen (secondary N) is 6. The number of hydrogen-bond acceptors (Lipinski definition) is 13. The predicted octanol–water partition coefficient (Wildman–Crippen LogP) is -2.84. The molecule has 8 atom stereocenters. The Labute approximate surface area is 464 Å². The molecule has 0 radical (unpaired) electrons. The molecule has 3 aromatic carbocycles. The maximum atomic E-state index is 14.8. The summed E-state index contributed by atoms with van der Waals surface area (Å²) < 4.78 is 0. The summed E-state index contributed by atoms with van der Waals surface area (Å²) in [5.41, 5.74) is 41.1. The Morgan fingerprint density at radius 3 is 1.51 bits per heavy atom. The SMILES string of the molecule is CC(C)C[C@H](NC(=O)[C@H](Cc1ccccc1)NC(=O)[C@@H](N)Cc1ccc(O)cc1)C(=O)N[C@@H](Cc1ccccc1)C(=O)N[C@H](CCCN=C(N)N)C(=O)N1CCC[C@H]1C(=O)N[C@@H](CCCN=C(N)N)C(=O)N[C@@H](CC(N)=O)C(N)=O. The van der Waals surface area contributed by atoms with Crippen LogP contribution in [0.1, 0.15) is 81.9 Å². The number of aromatic hydroxyl groups is 1. The summed E-state index contributed by atoms with van der Waals surface area (Å²) in [4.78, 5) is 133. The first-order valence-electron chi connectivity index (χ1n) is 26.4. The standard InChI is InChI=1S/C54H78N16O10/c1-31(2)26-40(68-50(78)41(28-32-12-5-3-6-13-32)67-46(74)36(55)27-34-19-21-35(71)22-20-34)48(76)69-42(29-33-14-7-4-8-15-33)49(77)65-38(17-10-24-63-54(60)61)52(80)70-25-11-18-43(70)51(79)64-37(16-9-23-62-53(58)59)47(75)66-39(45(57)73)30-44(56)72/h3-8,12-15,19-22,31,36-43,71H,9-11,16-18,23-30,55H2,1-2H3,(H2,56,72)(H2,57,73)(H,64,79)(H,65,77)(H,66,75)(H,67,74)(H,68,78)(H,69,76)(H4,58,59,62)(H4,60,61,63)/t36-,37-,38+,39-,40-,41-,42-,43-/m0/s1. The molecule has 1 aliphatic heterocycles. The second kappa shape index (κ2) is 32.2. The second-order valence-corrected chi connectivity index (χ2v) is 20.0. The highest BCUT2D eigenvalue weighted by molar-refractivity contribution is 5.98. The fourth-order valence-electron chi connectivity index (χ4n) is 8.90. The minimum absolute atomic E-state index is 0.0317. The van der Waals surface area contributed by atoms with Crippen molar-refractivity contribution in [3.05, 3.63) is 102 Å². The lowest BCUT2D eigenvalue weighted by atomic mass is 9.99. The van der Waals surface area contributed by atoms with Gasteiger partial charge >= 0.3 is 0 Å². The van der Waals surface area contributed by atoms with E-state index in [0.29, 0.717) is 23.1 Å². The van der Waals surface area contributed by atoms with E-state index < -0.39 is 108 Å². The topological polar surface area (TPSA) is 456 Å². The van der Waals surface area contributed by atoms with E-state index in [4.69, 9.17) is 40.1 Å². The maximum absolute atomic E-state index is 14.8. The molecule has 9 amide bonds. The molecule has 0 saturated carbocycles. The lowest BCUT2D eigenvalue weighted by Gasteiger charge is -2.31. The first-order chi connectivity index (χ1) is 38.0. The number of carbonyl (C=O) groups is 9. The smallest absolute Gasteiger partial charge is 0.245 e. The number of aliphatic imine (C=N–C) groups is 2. The zero-order chi connectivity index (χ0) is 58.9. The third-order valence-electron chi connectivity index (χ3n) is 12.9. The zero-order valence-corrected chi connectivity index (χ0v) is 45.2. The Kier molecular flexibility index (Phi) is 25.6. The number of amides is 9. The molecule has 0 bridgehead atoms. The molecule has 1 heterocycles. The number of hydrogen-bond donors (Lipinski definition) is 14. The van der Waals surface area contributed by atoms with Crippen LogP contribution in [0.15, 0.2) is 94.9 Å². The predicted molar refractivity (Wildman–Crippen MR) is 299 cm³/mol. The van der Waals surface area contributed by atoms with E-state index in [-0.39, 0.29) is 101 Å². The number of phenolic OH excluding ortho intramolecular Hbond substituents is 1. The van der Waals surface area contributed by atoms with Gasteiger partial charge in [-0.3, -0.25) is 53.1 Å². The van der Waals surface area contributed by atoms with Gasteiger partial charge in [-0.25, -0.2) is 0 Å². The summed E-state index contributed by atoms with van der Waals surface area (Å²) in [5, 5.41) is 25.9. The second-order valence-electron chi connectivity index (χ2n) is 20.0. The number of nitrogens with two attached hydrogens (primary N) is 7. The molecule has 0 unspecified atom stereocenters. The van der Waals surface area contributed by atoms with Crippen molar-refractivity contribution in [2.45, 2.75) is 133 Å². The minimum Gasteiger partial charge on any atom is -0.508 e. The van der Waals surface area contributed by atoms with Crippen LogP contribution in [0.4, 0.5) is 0 Å². The number of guanidine groups is 2. The van der Waals surface area contributed by atoms with Crippen molar-refractivity contribution in [1.82, 2.24) is 36.8 Å². The van der Waals surface area contributed by atoms with E-state index >= 15 is 0 Å². The highest BCUT2D eigenvalue weighted by Crippen LogP contribution is 2.21. The van der Waals surface area contributed by atoms with E-state index in [1.54, 1.807) is 72.8 Å². The lowest BCUT2D eigenvalue weighted by molar-refractivity contribution is -0.142. The van der Waals surface area contributed by atoms with E-state index in [1.807, 2.05) is 13.8 Å². The number of phenols is 1. The minimum atomic E-state index is -1.49. The van der Waals surface area contributed by atoms with Crippen molar-refractivity contribution < 1.29 is 48.3 Å². The molecule has 26 heteroatoms. The van der Waals surface area contributed by atoms with Gasteiger partial charge in [0.2, 0.25) is 53.2 Å². The molecule has 26 nitrogen and oxygen atoms in total. The first kappa shape index (κ1) is 63.7. The Balaban J connectivity index is 1.61. The summed E-state index contributed by atoms with van der Waals surface area (Å²) in [7, 11) is 0. The molecule has 434 valence electrons. The van der Waals surface area contributed by atoms with E-state index in [2.05, 4.69) is 41.9 Å². The van der Waals surface area contributed by atoms with Gasteiger partial charge in [0.15, 0.2) is 11.9 Å². The number of benzene rings is 3. The van der Waals surface area contributed by atoms with Gasteiger partial charge in [-0.05, 0) is 86.1 Å². The Morgan fingerprint density at radius 1 is 0.562 bits per heavy atom. The van der Waals surface area contributed by atoms with E-state index in [1.165, 1.54) is 17.0 Å². The zero-order valence-electron chi connectivity index (χ0n) is 45.2. The van der Waals surface area contributed by atoms with Gasteiger partial charge in [-0.2, -0.15) is 0 Å². The van der Waals surface area contributed by atoms with Crippen molar-refractivity contribution in [2.75, 3.05) is 19.6 Å². The molecular formula is C54H78N16O10. The quantitative estimate of drug-likeness (QED) is 0.0170. The van der Waals surface area contributed by atoms with E-state index in [0.717, 1.165) is 0 Å². The van der Waals surface area contributed by atoms with Gasteiger partial charge in [0.05, 0.1) is 12.5 Å². The van der Waals surface area contributed by atoms with Gasteiger partial charge in [0.1, 0.15) is 48.0 Å². The third-order valence-corrected chi connectivity index (χ3v) is 12.9. The summed E-state index contributed by atoms with van der Waals surface area (Å²) in [6, 6.07) is 13.7. The monoisotopic (exact) mass is 1110 g/mol. The molecule has 1 aliphatic rings. The van der Waals surface area contributed by atoms with Crippen molar-refractivity contribution in [2.24, 2.45) is 56.0 Å². The van der Waals surface area contributed by atoms with Crippen LogP contribution in [0.5, 0.6) is 5.75 Å². The van der Waals surface area contributed by atoms with Crippen LogP contribution >= 0.6 is 0 Å². The largest absolute Gasteiger partial charge is 0.508 e. The molecular weight excluding hydrogens is 1030 g/mol. The normalized spacial score (nSPS) is 15.5. The van der Waals surface area contributed by atoms with Crippen molar-refractivity contribution in [3.63, 3.8) is 0 Å². The highest BCUT2D eigenvalue weighted by atomic mass is 16.3. The summed E-state index contributed by atoms with van der Waals surface area (Å²) >= 11 is 0. The number of carbonyl (C=O) groups excluding carboxylic acids is 9. The van der Waals surface area contributed by atoms with Gasteiger partial charge in [-0.1, -0.05) is 86.6 Å². The molecule has 80 heavy (non-hydrogen) atoms. The molecule has 0 aliphatic carbocycles. The van der Waals surface area contributed by atoms with Gasteiger partial charge in [0, 0.05) is 32.5 Å². The highest BCUT2D eigenvalue weighted by Gasteiger charge is 2.40. The van der Waals surface area contributed by atoms with Gasteiger partial charge < -0.3 is 82.0 Å². The van der Waals surface area contributed by atoms with Crippen molar-refractivity contribution in [3.8, 4) is 5.75 Å². The van der Waals surface area contributed by atoms with Crippen LogP contribution in [-0.4, -0.2) is 143 Å². The number of rotatable bonds is 32. The summed E-state index contributed by atoms with van der Waals surface area (Å²) in [6.07, 6.45) is 0.290. The fourth-order valence-corrected chi connectivity index (χ4v) is 8.90. The molecule has 1 fully saturated rings. The average molecular weight is 1110 g/mol. The van der Waals surface area contributed by atoms with Crippen molar-refractivity contribution in [1.29, 1.82) is 0 Å². The molecule has 21 N–H and O–H groups in total. The van der Waals surface area contributed by atoms with Crippen LogP contribution in [0, 0.1) is 5.92 Å². The number of likely N-dealkylation sites (tertiary alicyclic amines) is 1. The third kappa shape index (κ3) is 21.9. The van der Waals surface area contributed by atoms with Gasteiger partial charge in [0.25, 0.3) is 0 Å². The Morgan fingerprint density at radius 2 is 1.01 bits per heavy atom. The molecule has 1 saturated heterocycles. The van der Waals surface area contributed by atoms with Crippen LogP contribution < -0.4 is 72.0 Å². The van der Waals surface area contributed by atoms with E-state index in [9.17, 15) is 48.3 Å². The van der Waals surface area contributed by atoms with Crippen LogP contribution in [-0.2, 0) is 62.4 Å². The number of primary amides is 2.